The maximum Gasteiger partial charge on any atom is -0.0282 e. The normalized spacial score (nSPS) is 11.3. The molecule has 0 heteroatoms. The lowest BCUT2D eigenvalue weighted by Gasteiger charge is -2.01. The summed E-state index contributed by atoms with van der Waals surface area (Å²) in [6.45, 7) is 8.59. The molecule has 0 aromatic rings. The van der Waals surface area contributed by atoms with Gasteiger partial charge in [-0.05, 0) is 32.8 Å². The molecular weight excluding hydrogens is 144 g/mol. The number of hydrogen-bond acceptors (Lipinski definition) is 0. The second-order valence-electron chi connectivity index (χ2n) is 3.16. The van der Waals surface area contributed by atoms with Gasteiger partial charge in [0.05, 0.1) is 0 Å². The van der Waals surface area contributed by atoms with Crippen molar-refractivity contribution >= 4 is 0 Å². The molecule has 0 heterocycles. The van der Waals surface area contributed by atoms with E-state index in [2.05, 4.69) is 39.0 Å². The zero-order chi connectivity index (χ0) is 9.40. The van der Waals surface area contributed by atoms with Gasteiger partial charge in [0.2, 0.25) is 0 Å². The lowest BCUT2D eigenvalue weighted by molar-refractivity contribution is 0.912. The van der Waals surface area contributed by atoms with Crippen LogP contribution in [0.5, 0.6) is 0 Å². The second-order valence-corrected chi connectivity index (χ2v) is 3.16. The topological polar surface area (TPSA) is 0 Å². The summed E-state index contributed by atoms with van der Waals surface area (Å²) in [4.78, 5) is 0. The van der Waals surface area contributed by atoms with E-state index in [1.54, 1.807) is 0 Å². The van der Waals surface area contributed by atoms with Gasteiger partial charge in [0.25, 0.3) is 0 Å². The molecule has 0 aliphatic carbocycles. The van der Waals surface area contributed by atoms with Gasteiger partial charge >= 0.3 is 0 Å². The Morgan fingerprint density at radius 2 is 1.83 bits per heavy atom. The first-order valence-electron chi connectivity index (χ1n) is 4.68. The highest BCUT2D eigenvalue weighted by molar-refractivity contribution is 5.25. The Morgan fingerprint density at radius 1 is 1.17 bits per heavy atom. The summed E-state index contributed by atoms with van der Waals surface area (Å²) in [6.07, 6.45) is 10.8. The van der Waals surface area contributed by atoms with Gasteiger partial charge in [-0.15, -0.1) is 0 Å². The third-order valence-corrected chi connectivity index (χ3v) is 1.76. The zero-order valence-corrected chi connectivity index (χ0v) is 8.72. The Balaban J connectivity index is 4.24. The average Bonchev–Trinajstić information content (AvgIpc) is 2.03. The highest BCUT2D eigenvalue weighted by Crippen LogP contribution is 2.11. The average molecular weight is 164 g/mol. The molecule has 0 atom stereocenters. The summed E-state index contributed by atoms with van der Waals surface area (Å²) >= 11 is 0. The van der Waals surface area contributed by atoms with Crippen molar-refractivity contribution in [3.8, 4) is 0 Å². The zero-order valence-electron chi connectivity index (χ0n) is 8.72. The SMILES string of the molecule is C/C=C\C=C/C(CCC)=C(C)C. The van der Waals surface area contributed by atoms with Gasteiger partial charge in [0.15, 0.2) is 0 Å². The summed E-state index contributed by atoms with van der Waals surface area (Å²) in [5.74, 6) is 0. The molecule has 0 unspecified atom stereocenters. The van der Waals surface area contributed by atoms with Crippen LogP contribution in [0.2, 0.25) is 0 Å². The minimum atomic E-state index is 1.19. The second kappa shape index (κ2) is 6.90. The van der Waals surface area contributed by atoms with Gasteiger partial charge in [-0.2, -0.15) is 0 Å². The van der Waals surface area contributed by atoms with Crippen LogP contribution in [-0.2, 0) is 0 Å². The maximum atomic E-state index is 2.21. The lowest BCUT2D eigenvalue weighted by atomic mass is 10.1. The summed E-state index contributed by atoms with van der Waals surface area (Å²) in [5.41, 5.74) is 2.90. The Bertz CT molecular complexity index is 188. The van der Waals surface area contributed by atoms with E-state index >= 15 is 0 Å². The molecule has 0 nitrogen and oxygen atoms in total. The predicted molar refractivity (Wildman–Crippen MR) is 57.2 cm³/mol. The summed E-state index contributed by atoms with van der Waals surface area (Å²) < 4.78 is 0. The van der Waals surface area contributed by atoms with Crippen molar-refractivity contribution in [1.29, 1.82) is 0 Å². The van der Waals surface area contributed by atoms with E-state index in [4.69, 9.17) is 0 Å². The third-order valence-electron chi connectivity index (χ3n) is 1.76. The molecule has 0 rings (SSSR count). The first-order valence-corrected chi connectivity index (χ1v) is 4.68. The maximum absolute atomic E-state index is 2.21. The quantitative estimate of drug-likeness (QED) is 0.545. The standard InChI is InChI=1S/C12H20/c1-5-7-8-10-12(9-6-2)11(3)4/h5,7-8,10H,6,9H2,1-4H3/b7-5-,10-8-. The van der Waals surface area contributed by atoms with E-state index in [-0.39, 0.29) is 0 Å². The summed E-state index contributed by atoms with van der Waals surface area (Å²) in [7, 11) is 0. The minimum absolute atomic E-state index is 1.19. The Hall–Kier alpha value is -0.780. The van der Waals surface area contributed by atoms with Gasteiger partial charge < -0.3 is 0 Å². The highest BCUT2D eigenvalue weighted by atomic mass is 14.0. The van der Waals surface area contributed by atoms with Crippen molar-refractivity contribution in [3.63, 3.8) is 0 Å². The molecule has 0 bridgehead atoms. The van der Waals surface area contributed by atoms with Crippen LogP contribution in [0.4, 0.5) is 0 Å². The molecule has 0 aromatic carbocycles. The smallest absolute Gasteiger partial charge is 0.0282 e. The van der Waals surface area contributed by atoms with Crippen LogP contribution in [-0.4, -0.2) is 0 Å². The van der Waals surface area contributed by atoms with Crippen molar-refractivity contribution in [1.82, 2.24) is 0 Å². The predicted octanol–water partition coefficient (Wildman–Crippen LogP) is 4.26. The minimum Gasteiger partial charge on any atom is -0.0877 e. The molecule has 0 N–H and O–H groups in total. The summed E-state index contributed by atoms with van der Waals surface area (Å²) in [6, 6.07) is 0. The van der Waals surface area contributed by atoms with E-state index in [9.17, 15) is 0 Å². The monoisotopic (exact) mass is 164 g/mol. The fraction of sp³-hybridized carbons (Fsp3) is 0.500. The van der Waals surface area contributed by atoms with Crippen molar-refractivity contribution in [2.75, 3.05) is 0 Å². The van der Waals surface area contributed by atoms with Crippen LogP contribution in [0.25, 0.3) is 0 Å². The first-order chi connectivity index (χ1) is 5.72. The van der Waals surface area contributed by atoms with Crippen molar-refractivity contribution in [3.05, 3.63) is 35.5 Å². The number of hydrogen-bond donors (Lipinski definition) is 0. The first kappa shape index (κ1) is 11.2. The molecular formula is C12H20. The fourth-order valence-corrected chi connectivity index (χ4v) is 1.05. The van der Waals surface area contributed by atoms with Crippen LogP contribution in [0.1, 0.15) is 40.5 Å². The fourth-order valence-electron chi connectivity index (χ4n) is 1.05. The largest absolute Gasteiger partial charge is 0.0877 e. The molecule has 0 fully saturated rings. The molecule has 0 radical (unpaired) electrons. The van der Waals surface area contributed by atoms with E-state index in [0.29, 0.717) is 0 Å². The van der Waals surface area contributed by atoms with Gasteiger partial charge in [0.1, 0.15) is 0 Å². The summed E-state index contributed by atoms with van der Waals surface area (Å²) in [5, 5.41) is 0. The van der Waals surface area contributed by atoms with Crippen LogP contribution in [0, 0.1) is 0 Å². The van der Waals surface area contributed by atoms with Crippen LogP contribution in [0.3, 0.4) is 0 Å². The lowest BCUT2D eigenvalue weighted by Crippen LogP contribution is -1.80. The Labute approximate surface area is 76.7 Å². The van der Waals surface area contributed by atoms with Gasteiger partial charge in [-0.25, -0.2) is 0 Å². The molecule has 0 amide bonds. The van der Waals surface area contributed by atoms with E-state index in [1.807, 2.05) is 13.0 Å². The van der Waals surface area contributed by atoms with Crippen LogP contribution < -0.4 is 0 Å². The third kappa shape index (κ3) is 4.95. The van der Waals surface area contributed by atoms with Crippen molar-refractivity contribution < 1.29 is 0 Å². The van der Waals surface area contributed by atoms with Gasteiger partial charge in [0, 0.05) is 0 Å². The Kier molecular flexibility index (Phi) is 6.45. The molecule has 0 saturated carbocycles. The van der Waals surface area contributed by atoms with Crippen LogP contribution >= 0.6 is 0 Å². The van der Waals surface area contributed by atoms with E-state index < -0.39 is 0 Å². The molecule has 0 saturated heterocycles. The number of rotatable bonds is 4. The molecule has 12 heavy (non-hydrogen) atoms. The Morgan fingerprint density at radius 3 is 2.25 bits per heavy atom. The van der Waals surface area contributed by atoms with Crippen molar-refractivity contribution in [2.45, 2.75) is 40.5 Å². The van der Waals surface area contributed by atoms with Gasteiger partial charge in [-0.1, -0.05) is 43.2 Å². The highest BCUT2D eigenvalue weighted by Gasteiger charge is 1.91. The van der Waals surface area contributed by atoms with E-state index in [1.165, 1.54) is 24.0 Å². The molecule has 0 spiro atoms. The van der Waals surface area contributed by atoms with Crippen molar-refractivity contribution in [2.24, 2.45) is 0 Å². The molecule has 0 aromatic heterocycles. The van der Waals surface area contributed by atoms with E-state index in [0.717, 1.165) is 0 Å². The van der Waals surface area contributed by atoms with Gasteiger partial charge in [-0.3, -0.25) is 0 Å². The molecule has 0 aliphatic heterocycles. The molecule has 0 aliphatic rings. The number of allylic oxidation sites excluding steroid dienone is 6. The molecule has 68 valence electrons. The van der Waals surface area contributed by atoms with Crippen LogP contribution in [0.15, 0.2) is 35.5 Å².